The van der Waals surface area contributed by atoms with Crippen molar-refractivity contribution in [1.29, 1.82) is 0 Å². The number of thioether (sulfide) groups is 1. The first kappa shape index (κ1) is 15.4. The van der Waals surface area contributed by atoms with E-state index in [2.05, 4.69) is 29.6 Å². The van der Waals surface area contributed by atoms with E-state index in [1.165, 1.54) is 10.5 Å². The third kappa shape index (κ3) is 3.76. The Morgan fingerprint density at radius 3 is 2.85 bits per heavy atom. The average molecular weight is 292 g/mol. The lowest BCUT2D eigenvalue weighted by molar-refractivity contribution is -0.130. The quantitative estimate of drug-likeness (QED) is 0.874. The number of hydrogen-bond acceptors (Lipinski definition) is 3. The highest BCUT2D eigenvalue weighted by atomic mass is 32.2. The summed E-state index contributed by atoms with van der Waals surface area (Å²) in [6.45, 7) is 6.43. The number of hydrogen-bond donors (Lipinski definition) is 1. The molecular weight excluding hydrogens is 268 g/mol. The summed E-state index contributed by atoms with van der Waals surface area (Å²) in [6, 6.07) is 8.98. The van der Waals surface area contributed by atoms with E-state index < -0.39 is 0 Å². The van der Waals surface area contributed by atoms with E-state index in [9.17, 15) is 4.79 Å². The summed E-state index contributed by atoms with van der Waals surface area (Å²) in [6.07, 6.45) is 1.73. The minimum atomic E-state index is 0.251. The number of nitrogens with zero attached hydrogens (tertiary/aromatic N) is 1. The maximum atomic E-state index is 12.0. The van der Waals surface area contributed by atoms with Crippen LogP contribution in [0, 0.1) is 0 Å². The van der Waals surface area contributed by atoms with Crippen molar-refractivity contribution in [1.82, 2.24) is 10.2 Å². The van der Waals surface area contributed by atoms with Gasteiger partial charge in [-0.1, -0.05) is 18.2 Å². The molecule has 0 aromatic heterocycles. The minimum absolute atomic E-state index is 0.251. The molecule has 1 aliphatic heterocycles. The fourth-order valence-electron chi connectivity index (χ4n) is 2.64. The first-order valence-electron chi connectivity index (χ1n) is 7.49. The van der Waals surface area contributed by atoms with Gasteiger partial charge in [0, 0.05) is 37.0 Å². The topological polar surface area (TPSA) is 32.3 Å². The molecule has 0 bridgehead atoms. The lowest BCUT2D eigenvalue weighted by atomic mass is 10.0. The smallest absolute Gasteiger partial charge is 0.223 e. The van der Waals surface area contributed by atoms with E-state index in [4.69, 9.17) is 0 Å². The van der Waals surface area contributed by atoms with Crippen molar-refractivity contribution in [2.45, 2.75) is 37.6 Å². The van der Waals surface area contributed by atoms with E-state index in [1.54, 1.807) is 0 Å². The van der Waals surface area contributed by atoms with Crippen LogP contribution in [0.5, 0.6) is 0 Å². The van der Waals surface area contributed by atoms with Gasteiger partial charge in [-0.2, -0.15) is 0 Å². The number of rotatable bonds is 6. The molecule has 4 heteroatoms. The first-order chi connectivity index (χ1) is 9.76. The van der Waals surface area contributed by atoms with Gasteiger partial charge in [0.05, 0.1) is 0 Å². The molecule has 0 saturated heterocycles. The van der Waals surface area contributed by atoms with Gasteiger partial charge in [-0.3, -0.25) is 4.79 Å². The van der Waals surface area contributed by atoms with Crippen molar-refractivity contribution in [3.8, 4) is 0 Å². The van der Waals surface area contributed by atoms with Gasteiger partial charge in [0.15, 0.2) is 0 Å². The zero-order valence-electron chi connectivity index (χ0n) is 12.4. The lowest BCUT2D eigenvalue weighted by Gasteiger charge is -2.26. The Morgan fingerprint density at radius 2 is 2.10 bits per heavy atom. The standard InChI is InChI=1S/C16H24N2OS/c1-3-18(4-2)16(19)9-11-17-14-10-12-20-15-8-6-5-7-13(14)15/h5-8,14,17H,3-4,9-12H2,1-2H3. The number of carbonyl (C=O) groups excluding carboxylic acids is 1. The normalized spacial score (nSPS) is 17.6. The molecule has 1 amide bonds. The van der Waals surface area contributed by atoms with Crippen LogP contribution < -0.4 is 5.32 Å². The van der Waals surface area contributed by atoms with Gasteiger partial charge >= 0.3 is 0 Å². The Hall–Kier alpha value is -1.00. The van der Waals surface area contributed by atoms with Gasteiger partial charge in [0.2, 0.25) is 5.91 Å². The van der Waals surface area contributed by atoms with E-state index in [1.807, 2.05) is 30.5 Å². The zero-order chi connectivity index (χ0) is 14.4. The first-order valence-corrected chi connectivity index (χ1v) is 8.47. The fraction of sp³-hybridized carbons (Fsp3) is 0.562. The number of nitrogens with one attached hydrogen (secondary N) is 1. The molecule has 1 atom stereocenters. The molecular formula is C16H24N2OS. The zero-order valence-corrected chi connectivity index (χ0v) is 13.2. The largest absolute Gasteiger partial charge is 0.343 e. The number of fused-ring (bicyclic) bond motifs is 1. The fourth-order valence-corrected chi connectivity index (χ4v) is 3.77. The maximum absolute atomic E-state index is 12.0. The predicted octanol–water partition coefficient (Wildman–Crippen LogP) is 3.07. The third-order valence-electron chi connectivity index (χ3n) is 3.80. The Bertz CT molecular complexity index is 446. The summed E-state index contributed by atoms with van der Waals surface area (Å²) >= 11 is 1.93. The summed E-state index contributed by atoms with van der Waals surface area (Å²) < 4.78 is 0. The van der Waals surface area contributed by atoms with E-state index in [-0.39, 0.29) is 5.91 Å². The molecule has 1 aromatic carbocycles. The highest BCUT2D eigenvalue weighted by molar-refractivity contribution is 7.99. The second kappa shape index (κ2) is 7.70. The van der Waals surface area contributed by atoms with Crippen LogP contribution in [0.4, 0.5) is 0 Å². The maximum Gasteiger partial charge on any atom is 0.223 e. The van der Waals surface area contributed by atoms with E-state index in [0.29, 0.717) is 12.5 Å². The summed E-state index contributed by atoms with van der Waals surface area (Å²) in [5, 5.41) is 3.55. The van der Waals surface area contributed by atoms with Crippen LogP contribution in [-0.4, -0.2) is 36.2 Å². The molecule has 1 heterocycles. The Balaban J connectivity index is 1.85. The van der Waals surface area contributed by atoms with Crippen LogP contribution in [0.3, 0.4) is 0 Å². The third-order valence-corrected chi connectivity index (χ3v) is 4.93. The minimum Gasteiger partial charge on any atom is -0.343 e. The van der Waals surface area contributed by atoms with Crippen molar-refractivity contribution < 1.29 is 4.79 Å². The van der Waals surface area contributed by atoms with Gasteiger partial charge < -0.3 is 10.2 Å². The molecule has 1 N–H and O–H groups in total. The number of benzene rings is 1. The van der Waals surface area contributed by atoms with Gasteiger partial charge in [-0.25, -0.2) is 0 Å². The van der Waals surface area contributed by atoms with Crippen molar-refractivity contribution >= 4 is 17.7 Å². The molecule has 0 radical (unpaired) electrons. The molecule has 0 fully saturated rings. The second-order valence-electron chi connectivity index (χ2n) is 5.00. The van der Waals surface area contributed by atoms with Gasteiger partial charge in [-0.15, -0.1) is 11.8 Å². The van der Waals surface area contributed by atoms with Gasteiger partial charge in [-0.05, 0) is 37.7 Å². The average Bonchev–Trinajstić information content (AvgIpc) is 2.49. The van der Waals surface area contributed by atoms with Crippen LogP contribution in [-0.2, 0) is 4.79 Å². The number of amides is 1. The molecule has 1 aliphatic rings. The van der Waals surface area contributed by atoms with E-state index >= 15 is 0 Å². The SMILES string of the molecule is CCN(CC)C(=O)CCNC1CCSc2ccccc21. The molecule has 1 unspecified atom stereocenters. The second-order valence-corrected chi connectivity index (χ2v) is 6.13. The van der Waals surface area contributed by atoms with Crippen molar-refractivity contribution in [3.63, 3.8) is 0 Å². The predicted molar refractivity (Wildman–Crippen MR) is 85.1 cm³/mol. The van der Waals surface area contributed by atoms with Crippen LogP contribution in [0.15, 0.2) is 29.2 Å². The van der Waals surface area contributed by atoms with Crippen molar-refractivity contribution in [2.75, 3.05) is 25.4 Å². The van der Waals surface area contributed by atoms with Crippen LogP contribution in [0.1, 0.15) is 38.3 Å². The van der Waals surface area contributed by atoms with Crippen LogP contribution >= 0.6 is 11.8 Å². The highest BCUT2D eigenvalue weighted by Gasteiger charge is 2.20. The van der Waals surface area contributed by atoms with Crippen molar-refractivity contribution in [3.05, 3.63) is 29.8 Å². The molecule has 0 aliphatic carbocycles. The number of carbonyl (C=O) groups is 1. The Labute approximate surface area is 126 Å². The highest BCUT2D eigenvalue weighted by Crippen LogP contribution is 2.35. The molecule has 2 rings (SSSR count). The Morgan fingerprint density at radius 1 is 1.35 bits per heavy atom. The van der Waals surface area contributed by atoms with Gasteiger partial charge in [0.25, 0.3) is 0 Å². The summed E-state index contributed by atoms with van der Waals surface area (Å²) in [4.78, 5) is 15.3. The molecule has 1 aromatic rings. The van der Waals surface area contributed by atoms with E-state index in [0.717, 1.165) is 31.8 Å². The van der Waals surface area contributed by atoms with Gasteiger partial charge in [0.1, 0.15) is 0 Å². The monoisotopic (exact) mass is 292 g/mol. The molecule has 3 nitrogen and oxygen atoms in total. The molecule has 20 heavy (non-hydrogen) atoms. The molecule has 0 spiro atoms. The molecule has 110 valence electrons. The lowest BCUT2D eigenvalue weighted by Crippen LogP contribution is -2.34. The van der Waals surface area contributed by atoms with Crippen LogP contribution in [0.2, 0.25) is 0 Å². The summed E-state index contributed by atoms with van der Waals surface area (Å²) in [5.74, 6) is 1.40. The van der Waals surface area contributed by atoms with Crippen LogP contribution in [0.25, 0.3) is 0 Å². The Kier molecular flexibility index (Phi) is 5.92. The summed E-state index contributed by atoms with van der Waals surface area (Å²) in [5.41, 5.74) is 1.39. The van der Waals surface area contributed by atoms with Crippen molar-refractivity contribution in [2.24, 2.45) is 0 Å². The summed E-state index contributed by atoms with van der Waals surface area (Å²) in [7, 11) is 0. The molecule has 0 saturated carbocycles.